The molecule has 0 saturated carbocycles. The fraction of sp³-hybridized carbons (Fsp3) is 0.733. The lowest BCUT2D eigenvalue weighted by Crippen LogP contribution is -2.43. The van der Waals surface area contributed by atoms with Gasteiger partial charge in [-0.3, -0.25) is 4.99 Å². The van der Waals surface area contributed by atoms with Gasteiger partial charge in [-0.1, -0.05) is 6.92 Å². The van der Waals surface area contributed by atoms with E-state index in [-0.39, 0.29) is 0 Å². The maximum Gasteiger partial charge on any atom is 0.191 e. The second-order valence-electron chi connectivity index (χ2n) is 5.74. The zero-order valence-electron chi connectivity index (χ0n) is 13.4. The highest BCUT2D eigenvalue weighted by Gasteiger charge is 2.14. The predicted octanol–water partition coefficient (Wildman–Crippen LogP) is 1.85. The van der Waals surface area contributed by atoms with E-state index in [2.05, 4.69) is 39.4 Å². The molecule has 5 nitrogen and oxygen atoms in total. The smallest absolute Gasteiger partial charge is 0.191 e. The Morgan fingerprint density at radius 1 is 1.43 bits per heavy atom. The zero-order chi connectivity index (χ0) is 15.1. The molecule has 1 aliphatic heterocycles. The van der Waals surface area contributed by atoms with E-state index in [1.807, 2.05) is 13.2 Å². The van der Waals surface area contributed by atoms with Gasteiger partial charge in [-0.05, 0) is 38.8 Å². The largest absolute Gasteiger partial charge is 0.355 e. The van der Waals surface area contributed by atoms with Gasteiger partial charge in [-0.15, -0.1) is 11.3 Å². The first-order valence-corrected chi connectivity index (χ1v) is 8.57. The SMILES string of the molecule is CN=C(NCCN1CCC(C)CC1)NCc1ncc(C)s1. The molecular weight excluding hydrogens is 282 g/mol. The Balaban J connectivity index is 1.63. The summed E-state index contributed by atoms with van der Waals surface area (Å²) >= 11 is 1.72. The molecule has 1 saturated heterocycles. The van der Waals surface area contributed by atoms with Gasteiger partial charge in [0.1, 0.15) is 5.01 Å². The van der Waals surface area contributed by atoms with Crippen LogP contribution in [0.2, 0.25) is 0 Å². The fourth-order valence-electron chi connectivity index (χ4n) is 2.48. The number of rotatable bonds is 5. The van der Waals surface area contributed by atoms with E-state index in [1.165, 1.54) is 30.8 Å². The first-order valence-electron chi connectivity index (χ1n) is 7.75. The summed E-state index contributed by atoms with van der Waals surface area (Å²) in [4.78, 5) is 12.4. The number of nitrogens with zero attached hydrogens (tertiary/aromatic N) is 3. The Morgan fingerprint density at radius 2 is 2.19 bits per heavy atom. The normalized spacial score (nSPS) is 18.0. The molecular formula is C15H27N5S. The number of piperidine rings is 1. The molecule has 0 aliphatic carbocycles. The first-order chi connectivity index (χ1) is 10.2. The van der Waals surface area contributed by atoms with Crippen molar-refractivity contribution in [2.75, 3.05) is 33.2 Å². The van der Waals surface area contributed by atoms with Crippen molar-refractivity contribution in [1.29, 1.82) is 0 Å². The summed E-state index contributed by atoms with van der Waals surface area (Å²) in [5, 5.41) is 7.79. The van der Waals surface area contributed by atoms with E-state index in [0.29, 0.717) is 0 Å². The highest BCUT2D eigenvalue weighted by molar-refractivity contribution is 7.11. The van der Waals surface area contributed by atoms with Gasteiger partial charge in [0, 0.05) is 31.2 Å². The van der Waals surface area contributed by atoms with Crippen molar-refractivity contribution in [3.8, 4) is 0 Å². The van der Waals surface area contributed by atoms with E-state index < -0.39 is 0 Å². The maximum absolute atomic E-state index is 4.35. The molecule has 0 atom stereocenters. The third-order valence-corrected chi connectivity index (χ3v) is 4.81. The van der Waals surface area contributed by atoms with Gasteiger partial charge in [0.05, 0.1) is 6.54 Å². The van der Waals surface area contributed by atoms with Gasteiger partial charge in [-0.2, -0.15) is 0 Å². The average molecular weight is 309 g/mol. The molecule has 0 unspecified atom stereocenters. The van der Waals surface area contributed by atoms with Gasteiger partial charge in [0.25, 0.3) is 0 Å². The zero-order valence-corrected chi connectivity index (χ0v) is 14.2. The summed E-state index contributed by atoms with van der Waals surface area (Å²) in [5.41, 5.74) is 0. The van der Waals surface area contributed by atoms with Crippen molar-refractivity contribution in [3.05, 3.63) is 16.1 Å². The van der Waals surface area contributed by atoms with Gasteiger partial charge in [0.15, 0.2) is 5.96 Å². The molecule has 0 spiro atoms. The van der Waals surface area contributed by atoms with E-state index >= 15 is 0 Å². The predicted molar refractivity (Wildman–Crippen MR) is 89.9 cm³/mol. The highest BCUT2D eigenvalue weighted by Crippen LogP contribution is 2.15. The number of likely N-dealkylation sites (tertiary alicyclic amines) is 1. The number of hydrogen-bond donors (Lipinski definition) is 2. The lowest BCUT2D eigenvalue weighted by molar-refractivity contribution is 0.195. The fourth-order valence-corrected chi connectivity index (χ4v) is 3.21. The minimum absolute atomic E-state index is 0.736. The second-order valence-corrected chi connectivity index (χ2v) is 7.06. The van der Waals surface area contributed by atoms with Crippen molar-refractivity contribution < 1.29 is 0 Å². The van der Waals surface area contributed by atoms with Crippen LogP contribution in [0.3, 0.4) is 0 Å². The van der Waals surface area contributed by atoms with Crippen molar-refractivity contribution in [1.82, 2.24) is 20.5 Å². The molecule has 0 amide bonds. The molecule has 1 aliphatic rings. The van der Waals surface area contributed by atoms with Gasteiger partial charge < -0.3 is 15.5 Å². The van der Waals surface area contributed by atoms with Crippen LogP contribution in [0.15, 0.2) is 11.2 Å². The number of nitrogens with one attached hydrogen (secondary N) is 2. The van der Waals surface area contributed by atoms with Crippen LogP contribution in [-0.4, -0.2) is 49.1 Å². The van der Waals surface area contributed by atoms with Crippen LogP contribution < -0.4 is 10.6 Å². The third kappa shape index (κ3) is 5.63. The molecule has 0 radical (unpaired) electrons. The monoisotopic (exact) mass is 309 g/mol. The molecule has 0 bridgehead atoms. The van der Waals surface area contributed by atoms with Crippen LogP contribution in [0.25, 0.3) is 0 Å². The molecule has 1 fully saturated rings. The minimum Gasteiger partial charge on any atom is -0.355 e. The van der Waals surface area contributed by atoms with E-state index in [9.17, 15) is 0 Å². The quantitative estimate of drug-likeness (QED) is 0.644. The lowest BCUT2D eigenvalue weighted by Gasteiger charge is -2.30. The van der Waals surface area contributed by atoms with Crippen LogP contribution in [0.5, 0.6) is 0 Å². The summed E-state index contributed by atoms with van der Waals surface area (Å²) in [6.45, 7) is 9.64. The summed E-state index contributed by atoms with van der Waals surface area (Å²) in [7, 11) is 1.81. The number of thiazole rings is 1. The first kappa shape index (κ1) is 16.2. The lowest BCUT2D eigenvalue weighted by atomic mass is 9.99. The van der Waals surface area contributed by atoms with E-state index in [4.69, 9.17) is 0 Å². The van der Waals surface area contributed by atoms with E-state index in [1.54, 1.807) is 11.3 Å². The topological polar surface area (TPSA) is 52.6 Å². The second kappa shape index (κ2) is 8.34. The highest BCUT2D eigenvalue weighted by atomic mass is 32.1. The number of aromatic nitrogens is 1. The number of aryl methyl sites for hydroxylation is 1. The molecule has 2 rings (SSSR count). The Bertz CT molecular complexity index is 449. The van der Waals surface area contributed by atoms with Gasteiger partial charge in [0.2, 0.25) is 0 Å². The molecule has 118 valence electrons. The maximum atomic E-state index is 4.35. The number of hydrogen-bond acceptors (Lipinski definition) is 4. The van der Waals surface area contributed by atoms with Crippen molar-refractivity contribution in [3.63, 3.8) is 0 Å². The molecule has 2 heterocycles. The minimum atomic E-state index is 0.736. The Kier molecular flexibility index (Phi) is 6.45. The van der Waals surface area contributed by atoms with Crippen LogP contribution >= 0.6 is 11.3 Å². The van der Waals surface area contributed by atoms with Crippen molar-refractivity contribution in [2.24, 2.45) is 10.9 Å². The Morgan fingerprint density at radius 3 is 2.81 bits per heavy atom. The number of aliphatic imine (C=N–C) groups is 1. The number of guanidine groups is 1. The van der Waals surface area contributed by atoms with E-state index in [0.717, 1.165) is 36.5 Å². The van der Waals surface area contributed by atoms with Crippen molar-refractivity contribution in [2.45, 2.75) is 33.2 Å². The van der Waals surface area contributed by atoms with Crippen LogP contribution in [0.1, 0.15) is 29.7 Å². The standard InChI is InChI=1S/C15H27N5S/c1-12-4-7-20(8-5-12)9-6-17-15(16-3)19-11-14-18-10-13(2)21-14/h10,12H,4-9,11H2,1-3H3,(H2,16,17,19). The van der Waals surface area contributed by atoms with Gasteiger partial charge in [-0.25, -0.2) is 4.98 Å². The Hall–Kier alpha value is -1.14. The molecule has 2 N–H and O–H groups in total. The molecule has 1 aromatic rings. The summed E-state index contributed by atoms with van der Waals surface area (Å²) in [6.07, 6.45) is 4.57. The summed E-state index contributed by atoms with van der Waals surface area (Å²) in [6, 6.07) is 0. The Labute approximate surface area is 131 Å². The summed E-state index contributed by atoms with van der Waals surface area (Å²) in [5.74, 6) is 1.75. The molecule has 1 aromatic heterocycles. The molecule has 0 aromatic carbocycles. The van der Waals surface area contributed by atoms with Gasteiger partial charge >= 0.3 is 0 Å². The third-order valence-electron chi connectivity index (χ3n) is 3.90. The van der Waals surface area contributed by atoms with Crippen molar-refractivity contribution >= 4 is 17.3 Å². The van der Waals surface area contributed by atoms with Crippen LogP contribution in [0.4, 0.5) is 0 Å². The molecule has 6 heteroatoms. The van der Waals surface area contributed by atoms with Crippen LogP contribution in [0, 0.1) is 12.8 Å². The average Bonchev–Trinajstić information content (AvgIpc) is 2.90. The summed E-state index contributed by atoms with van der Waals surface area (Å²) < 4.78 is 0. The molecule has 21 heavy (non-hydrogen) atoms. The van der Waals surface area contributed by atoms with Crippen LogP contribution in [-0.2, 0) is 6.54 Å².